The molecule has 4 atom stereocenters. The van der Waals surface area contributed by atoms with Gasteiger partial charge in [-0.2, -0.15) is 0 Å². The molecule has 4 heteroatoms. The Kier molecular flexibility index (Phi) is 1.82. The highest BCUT2D eigenvalue weighted by atomic mass is 16.7. The molecule has 0 radical (unpaired) electrons. The molecule has 3 fully saturated rings. The number of hydrogen-bond donors (Lipinski definition) is 1. The first-order valence-corrected chi connectivity index (χ1v) is 5.41. The highest BCUT2D eigenvalue weighted by Crippen LogP contribution is 2.41. The van der Waals surface area contributed by atoms with E-state index in [0.717, 1.165) is 19.5 Å². The van der Waals surface area contributed by atoms with Crippen LogP contribution in [0.2, 0.25) is 0 Å². The standard InChI is InChI=1S/C10H16N2O2/c1-12-10(13)9-7-2-6(4-11-5-7)3-8(9)14-12/h6-9,11H,2-5H2,1H3. The van der Waals surface area contributed by atoms with E-state index in [1.807, 2.05) is 0 Å². The van der Waals surface area contributed by atoms with Gasteiger partial charge in [-0.05, 0) is 37.8 Å². The minimum Gasteiger partial charge on any atom is -0.316 e. The lowest BCUT2D eigenvalue weighted by Crippen LogP contribution is -2.48. The molecular weight excluding hydrogens is 180 g/mol. The monoisotopic (exact) mass is 196 g/mol. The summed E-state index contributed by atoms with van der Waals surface area (Å²) < 4.78 is 0. The van der Waals surface area contributed by atoms with Crippen molar-refractivity contribution in [3.63, 3.8) is 0 Å². The van der Waals surface area contributed by atoms with Crippen molar-refractivity contribution in [3.8, 4) is 0 Å². The number of hydroxylamine groups is 2. The van der Waals surface area contributed by atoms with Gasteiger partial charge in [-0.3, -0.25) is 9.63 Å². The number of nitrogens with zero attached hydrogens (tertiary/aromatic N) is 1. The van der Waals surface area contributed by atoms with E-state index in [9.17, 15) is 4.79 Å². The highest BCUT2D eigenvalue weighted by Gasteiger charge is 2.50. The summed E-state index contributed by atoms with van der Waals surface area (Å²) in [5, 5.41) is 4.85. The number of nitrogens with one attached hydrogen (secondary N) is 1. The van der Waals surface area contributed by atoms with Gasteiger partial charge in [0.2, 0.25) is 0 Å². The molecule has 0 aromatic heterocycles. The molecule has 4 nitrogen and oxygen atoms in total. The molecule has 3 aliphatic rings. The van der Waals surface area contributed by atoms with E-state index in [2.05, 4.69) is 5.32 Å². The summed E-state index contributed by atoms with van der Waals surface area (Å²) in [4.78, 5) is 17.4. The van der Waals surface area contributed by atoms with E-state index in [4.69, 9.17) is 4.84 Å². The number of carbonyl (C=O) groups is 1. The van der Waals surface area contributed by atoms with Gasteiger partial charge in [0.05, 0.1) is 12.0 Å². The SMILES string of the molecule is CN1OC2CC3CNCC(C3)C2C1=O. The molecule has 1 amide bonds. The van der Waals surface area contributed by atoms with Crippen LogP contribution in [0.25, 0.3) is 0 Å². The Bertz CT molecular complexity index is 267. The van der Waals surface area contributed by atoms with E-state index in [1.54, 1.807) is 7.05 Å². The fraction of sp³-hybridized carbons (Fsp3) is 0.900. The fourth-order valence-corrected chi connectivity index (χ4v) is 3.23. The van der Waals surface area contributed by atoms with Crippen LogP contribution >= 0.6 is 0 Å². The number of rotatable bonds is 0. The normalized spacial score (nSPS) is 46.6. The van der Waals surface area contributed by atoms with E-state index in [0.29, 0.717) is 11.8 Å². The maximum atomic E-state index is 11.8. The van der Waals surface area contributed by atoms with E-state index >= 15 is 0 Å². The molecule has 78 valence electrons. The molecule has 1 saturated carbocycles. The minimum absolute atomic E-state index is 0.129. The summed E-state index contributed by atoms with van der Waals surface area (Å²) in [6.45, 7) is 2.08. The number of piperidine rings is 1. The average molecular weight is 196 g/mol. The predicted octanol–water partition coefficient (Wildman–Crippen LogP) is 0.00420. The molecule has 1 N–H and O–H groups in total. The Morgan fingerprint density at radius 1 is 1.43 bits per heavy atom. The van der Waals surface area contributed by atoms with Gasteiger partial charge in [0, 0.05) is 7.05 Å². The maximum Gasteiger partial charge on any atom is 0.252 e. The van der Waals surface area contributed by atoms with Crippen LogP contribution in [-0.4, -0.2) is 37.2 Å². The Labute approximate surface area is 83.5 Å². The topological polar surface area (TPSA) is 41.6 Å². The van der Waals surface area contributed by atoms with Crippen molar-refractivity contribution in [2.24, 2.45) is 17.8 Å². The van der Waals surface area contributed by atoms with Crippen LogP contribution in [0.15, 0.2) is 0 Å². The molecule has 4 unspecified atom stereocenters. The minimum atomic E-state index is 0.129. The second kappa shape index (κ2) is 2.94. The van der Waals surface area contributed by atoms with Crippen LogP contribution in [0, 0.1) is 17.8 Å². The summed E-state index contributed by atoms with van der Waals surface area (Å²) in [7, 11) is 1.73. The second-order valence-electron chi connectivity index (χ2n) is 4.76. The Morgan fingerprint density at radius 3 is 3.14 bits per heavy atom. The molecule has 14 heavy (non-hydrogen) atoms. The summed E-state index contributed by atoms with van der Waals surface area (Å²) in [5.41, 5.74) is 0. The van der Waals surface area contributed by atoms with Gasteiger partial charge in [0.15, 0.2) is 0 Å². The van der Waals surface area contributed by atoms with Gasteiger partial charge >= 0.3 is 0 Å². The van der Waals surface area contributed by atoms with Crippen LogP contribution in [0.3, 0.4) is 0 Å². The molecule has 3 rings (SSSR count). The van der Waals surface area contributed by atoms with Crippen LogP contribution < -0.4 is 5.32 Å². The molecule has 2 bridgehead atoms. The lowest BCUT2D eigenvalue weighted by molar-refractivity contribution is -0.166. The summed E-state index contributed by atoms with van der Waals surface area (Å²) in [6.07, 6.45) is 2.42. The largest absolute Gasteiger partial charge is 0.316 e. The van der Waals surface area contributed by atoms with E-state index in [-0.39, 0.29) is 17.9 Å². The van der Waals surface area contributed by atoms with Gasteiger partial charge in [0.25, 0.3) is 5.91 Å². The first-order chi connectivity index (χ1) is 6.75. The van der Waals surface area contributed by atoms with Crippen LogP contribution in [-0.2, 0) is 9.63 Å². The first-order valence-electron chi connectivity index (χ1n) is 5.41. The quantitative estimate of drug-likeness (QED) is 0.593. The Hall–Kier alpha value is -0.610. The fourth-order valence-electron chi connectivity index (χ4n) is 3.23. The number of hydrogen-bond acceptors (Lipinski definition) is 3. The van der Waals surface area contributed by atoms with Crippen molar-refractivity contribution in [1.29, 1.82) is 0 Å². The van der Waals surface area contributed by atoms with Crippen LogP contribution in [0.4, 0.5) is 0 Å². The van der Waals surface area contributed by atoms with Gasteiger partial charge in [0.1, 0.15) is 0 Å². The zero-order valence-corrected chi connectivity index (χ0v) is 8.40. The zero-order chi connectivity index (χ0) is 9.71. The van der Waals surface area contributed by atoms with Gasteiger partial charge in [-0.15, -0.1) is 0 Å². The third kappa shape index (κ3) is 1.10. The molecular formula is C10H16N2O2. The van der Waals surface area contributed by atoms with Crippen molar-refractivity contribution < 1.29 is 9.63 Å². The smallest absolute Gasteiger partial charge is 0.252 e. The van der Waals surface area contributed by atoms with Crippen molar-refractivity contribution in [2.75, 3.05) is 20.1 Å². The predicted molar refractivity (Wildman–Crippen MR) is 50.2 cm³/mol. The molecule has 0 spiro atoms. The molecule has 2 aliphatic heterocycles. The van der Waals surface area contributed by atoms with Gasteiger partial charge < -0.3 is 5.32 Å². The molecule has 2 heterocycles. The van der Waals surface area contributed by atoms with Crippen molar-refractivity contribution in [1.82, 2.24) is 10.4 Å². The van der Waals surface area contributed by atoms with Gasteiger partial charge in [-0.25, -0.2) is 5.06 Å². The molecule has 0 aromatic rings. The number of amides is 1. The highest BCUT2D eigenvalue weighted by molar-refractivity contribution is 5.80. The van der Waals surface area contributed by atoms with E-state index in [1.165, 1.54) is 11.5 Å². The first kappa shape index (κ1) is 8.68. The molecule has 0 aromatic carbocycles. The third-order valence-electron chi connectivity index (χ3n) is 3.84. The van der Waals surface area contributed by atoms with Crippen molar-refractivity contribution in [2.45, 2.75) is 18.9 Å². The number of carbonyl (C=O) groups excluding carboxylic acids is 1. The zero-order valence-electron chi connectivity index (χ0n) is 8.40. The summed E-state index contributed by atoms with van der Waals surface area (Å²) in [5.74, 6) is 1.53. The Morgan fingerprint density at radius 2 is 2.29 bits per heavy atom. The van der Waals surface area contributed by atoms with Crippen molar-refractivity contribution >= 4 is 5.91 Å². The van der Waals surface area contributed by atoms with E-state index < -0.39 is 0 Å². The lowest BCUT2D eigenvalue weighted by atomic mass is 9.70. The maximum absolute atomic E-state index is 11.8. The second-order valence-corrected chi connectivity index (χ2v) is 4.76. The number of fused-ring (bicyclic) bond motifs is 4. The van der Waals surface area contributed by atoms with Crippen LogP contribution in [0.1, 0.15) is 12.8 Å². The average Bonchev–Trinajstić information content (AvgIpc) is 2.43. The van der Waals surface area contributed by atoms with Crippen LogP contribution in [0.5, 0.6) is 0 Å². The Balaban J connectivity index is 1.87. The van der Waals surface area contributed by atoms with Crippen molar-refractivity contribution in [3.05, 3.63) is 0 Å². The van der Waals surface area contributed by atoms with Gasteiger partial charge in [-0.1, -0.05) is 0 Å². The summed E-state index contributed by atoms with van der Waals surface area (Å²) >= 11 is 0. The molecule has 2 saturated heterocycles. The lowest BCUT2D eigenvalue weighted by Gasteiger charge is -2.39. The third-order valence-corrected chi connectivity index (χ3v) is 3.84. The summed E-state index contributed by atoms with van der Waals surface area (Å²) in [6, 6.07) is 0. The molecule has 1 aliphatic carbocycles.